The van der Waals surface area contributed by atoms with Gasteiger partial charge in [0.2, 0.25) is 11.8 Å². The Labute approximate surface area is 147 Å². The molecule has 1 atom stereocenters. The van der Waals surface area contributed by atoms with Gasteiger partial charge in [-0.3, -0.25) is 4.79 Å². The molecule has 1 aromatic carbocycles. The minimum atomic E-state index is -0.216. The normalized spacial score (nSPS) is 12.1. The number of hydrogen-bond donors (Lipinski definition) is 1. The molecule has 2 rings (SSSR count). The van der Waals surface area contributed by atoms with E-state index in [0.717, 1.165) is 5.56 Å². The van der Waals surface area contributed by atoms with Crippen molar-refractivity contribution in [2.24, 2.45) is 0 Å². The zero-order chi connectivity index (χ0) is 18.4. The van der Waals surface area contributed by atoms with E-state index in [4.69, 9.17) is 14.0 Å². The van der Waals surface area contributed by atoms with Crippen molar-refractivity contribution in [2.75, 3.05) is 14.2 Å². The fourth-order valence-corrected chi connectivity index (χ4v) is 2.39. The largest absolute Gasteiger partial charge is 0.497 e. The van der Waals surface area contributed by atoms with Gasteiger partial charge in [-0.15, -0.1) is 0 Å². The lowest BCUT2D eigenvalue weighted by atomic mass is 10.1. The lowest BCUT2D eigenvalue weighted by Gasteiger charge is -2.18. The number of carbonyl (C=O) groups is 1. The first-order chi connectivity index (χ1) is 11.9. The number of methoxy groups -OCH3 is 2. The third kappa shape index (κ3) is 4.95. The standard InChI is InChI=1S/C18H25N3O4/c1-11(2)18-20-17(25-21-18)9-8-16(22)19-12(3)14-10-13(23-4)6-7-15(14)24-5/h6-7,10-12H,8-9H2,1-5H3,(H,19,22)/t12-/m0/s1. The number of carbonyl (C=O) groups excluding carboxylic acids is 1. The summed E-state index contributed by atoms with van der Waals surface area (Å²) in [5, 5.41) is 6.85. The highest BCUT2D eigenvalue weighted by atomic mass is 16.5. The number of ether oxygens (including phenoxy) is 2. The zero-order valence-electron chi connectivity index (χ0n) is 15.3. The van der Waals surface area contributed by atoms with Gasteiger partial charge in [0.05, 0.1) is 20.3 Å². The van der Waals surface area contributed by atoms with Crippen LogP contribution in [-0.2, 0) is 11.2 Å². The minimum Gasteiger partial charge on any atom is -0.497 e. The van der Waals surface area contributed by atoms with E-state index in [-0.39, 0.29) is 24.3 Å². The average molecular weight is 347 g/mol. The Morgan fingerprint density at radius 1 is 1.24 bits per heavy atom. The van der Waals surface area contributed by atoms with Crippen LogP contribution in [0, 0.1) is 0 Å². The predicted octanol–water partition coefficient (Wildman–Crippen LogP) is 3.02. The topological polar surface area (TPSA) is 86.5 Å². The molecule has 0 unspecified atom stereocenters. The molecular weight excluding hydrogens is 322 g/mol. The van der Waals surface area contributed by atoms with Crippen LogP contribution >= 0.6 is 0 Å². The molecule has 2 aromatic rings. The molecule has 0 aliphatic heterocycles. The maximum Gasteiger partial charge on any atom is 0.227 e. The molecule has 136 valence electrons. The molecule has 0 aliphatic carbocycles. The molecule has 0 saturated carbocycles. The summed E-state index contributed by atoms with van der Waals surface area (Å²) in [6.45, 7) is 5.88. The molecule has 0 spiro atoms. The molecule has 7 heteroatoms. The number of aromatic nitrogens is 2. The van der Waals surface area contributed by atoms with E-state index in [9.17, 15) is 4.79 Å². The first-order valence-corrected chi connectivity index (χ1v) is 8.28. The van der Waals surface area contributed by atoms with E-state index in [0.29, 0.717) is 29.6 Å². The second-order valence-corrected chi connectivity index (χ2v) is 6.10. The Morgan fingerprint density at radius 2 is 2.00 bits per heavy atom. The second kappa shape index (κ2) is 8.50. The van der Waals surface area contributed by atoms with Crippen molar-refractivity contribution >= 4 is 5.91 Å². The van der Waals surface area contributed by atoms with Crippen molar-refractivity contribution in [1.82, 2.24) is 15.5 Å². The lowest BCUT2D eigenvalue weighted by molar-refractivity contribution is -0.121. The fourth-order valence-electron chi connectivity index (χ4n) is 2.39. The molecule has 1 aromatic heterocycles. The predicted molar refractivity (Wildman–Crippen MR) is 92.8 cm³/mol. The molecule has 0 aliphatic rings. The third-order valence-corrected chi connectivity index (χ3v) is 3.85. The molecule has 1 amide bonds. The van der Waals surface area contributed by atoms with Crippen LogP contribution in [0.15, 0.2) is 22.7 Å². The summed E-state index contributed by atoms with van der Waals surface area (Å²) in [6, 6.07) is 5.28. The van der Waals surface area contributed by atoms with Crippen LogP contribution in [0.2, 0.25) is 0 Å². The molecule has 0 bridgehead atoms. The number of rotatable bonds is 8. The van der Waals surface area contributed by atoms with Crippen molar-refractivity contribution in [3.05, 3.63) is 35.5 Å². The summed E-state index contributed by atoms with van der Waals surface area (Å²) in [6.07, 6.45) is 0.684. The third-order valence-electron chi connectivity index (χ3n) is 3.85. The van der Waals surface area contributed by atoms with Crippen molar-refractivity contribution in [3.63, 3.8) is 0 Å². The Kier molecular flexibility index (Phi) is 6.38. The molecule has 0 saturated heterocycles. The number of hydrogen-bond acceptors (Lipinski definition) is 6. The zero-order valence-corrected chi connectivity index (χ0v) is 15.3. The van der Waals surface area contributed by atoms with E-state index in [1.807, 2.05) is 39.0 Å². The highest BCUT2D eigenvalue weighted by Crippen LogP contribution is 2.29. The van der Waals surface area contributed by atoms with Gasteiger partial charge in [0, 0.05) is 24.3 Å². The maximum atomic E-state index is 12.2. The van der Waals surface area contributed by atoms with E-state index < -0.39 is 0 Å². The molecule has 0 radical (unpaired) electrons. The molecule has 7 nitrogen and oxygen atoms in total. The van der Waals surface area contributed by atoms with Crippen LogP contribution < -0.4 is 14.8 Å². The van der Waals surface area contributed by atoms with E-state index in [1.165, 1.54) is 0 Å². The van der Waals surface area contributed by atoms with Crippen molar-refractivity contribution in [1.29, 1.82) is 0 Å². The minimum absolute atomic E-state index is 0.0957. The Bertz CT molecular complexity index is 712. The number of nitrogens with zero attached hydrogens (tertiary/aromatic N) is 2. The van der Waals surface area contributed by atoms with Crippen LogP contribution in [0.3, 0.4) is 0 Å². The first-order valence-electron chi connectivity index (χ1n) is 8.28. The van der Waals surface area contributed by atoms with Crippen molar-refractivity contribution in [3.8, 4) is 11.5 Å². The van der Waals surface area contributed by atoms with Crippen LogP contribution in [0.5, 0.6) is 11.5 Å². The molecular formula is C18H25N3O4. The Morgan fingerprint density at radius 3 is 2.60 bits per heavy atom. The summed E-state index contributed by atoms with van der Waals surface area (Å²) in [4.78, 5) is 16.5. The highest BCUT2D eigenvalue weighted by molar-refractivity contribution is 5.76. The molecule has 1 heterocycles. The number of amides is 1. The molecule has 25 heavy (non-hydrogen) atoms. The number of aryl methyl sites for hydroxylation is 1. The summed E-state index contributed by atoms with van der Waals surface area (Å²) in [7, 11) is 3.20. The van der Waals surface area contributed by atoms with Crippen molar-refractivity contribution < 1.29 is 18.8 Å². The van der Waals surface area contributed by atoms with Gasteiger partial charge in [-0.2, -0.15) is 4.98 Å². The monoisotopic (exact) mass is 347 g/mol. The lowest BCUT2D eigenvalue weighted by Crippen LogP contribution is -2.27. The Balaban J connectivity index is 1.95. The van der Waals surface area contributed by atoms with Crippen LogP contribution in [0.4, 0.5) is 0 Å². The smallest absolute Gasteiger partial charge is 0.227 e. The summed E-state index contributed by atoms with van der Waals surface area (Å²) < 4.78 is 15.8. The van der Waals surface area contributed by atoms with Gasteiger partial charge in [-0.05, 0) is 25.1 Å². The summed E-state index contributed by atoms with van der Waals surface area (Å²) >= 11 is 0. The average Bonchev–Trinajstić information content (AvgIpc) is 3.08. The number of benzene rings is 1. The molecule has 0 fully saturated rings. The van der Waals surface area contributed by atoms with Gasteiger partial charge in [-0.1, -0.05) is 19.0 Å². The maximum absolute atomic E-state index is 12.2. The van der Waals surface area contributed by atoms with Gasteiger partial charge in [0.15, 0.2) is 5.82 Å². The fraction of sp³-hybridized carbons (Fsp3) is 0.500. The SMILES string of the molecule is COc1ccc(OC)c([C@H](C)NC(=O)CCc2nc(C(C)C)no2)c1. The van der Waals surface area contributed by atoms with Crippen molar-refractivity contribution in [2.45, 2.75) is 45.6 Å². The first kappa shape index (κ1) is 18.8. The van der Waals surface area contributed by atoms with Gasteiger partial charge < -0.3 is 19.3 Å². The summed E-state index contributed by atoms with van der Waals surface area (Å²) in [5.74, 6) is 2.65. The van der Waals surface area contributed by atoms with E-state index in [1.54, 1.807) is 14.2 Å². The van der Waals surface area contributed by atoms with Crippen LogP contribution in [-0.4, -0.2) is 30.3 Å². The van der Waals surface area contributed by atoms with Gasteiger partial charge in [0.25, 0.3) is 0 Å². The quantitative estimate of drug-likeness (QED) is 0.790. The van der Waals surface area contributed by atoms with Gasteiger partial charge in [-0.25, -0.2) is 0 Å². The van der Waals surface area contributed by atoms with Gasteiger partial charge in [0.1, 0.15) is 11.5 Å². The molecule has 1 N–H and O–H groups in total. The number of nitrogens with one attached hydrogen (secondary N) is 1. The van der Waals surface area contributed by atoms with E-state index >= 15 is 0 Å². The van der Waals surface area contributed by atoms with Gasteiger partial charge >= 0.3 is 0 Å². The van der Waals surface area contributed by atoms with E-state index in [2.05, 4.69) is 15.5 Å². The summed E-state index contributed by atoms with van der Waals surface area (Å²) in [5.41, 5.74) is 0.857. The highest BCUT2D eigenvalue weighted by Gasteiger charge is 2.16. The Hall–Kier alpha value is -2.57. The van der Waals surface area contributed by atoms with Crippen LogP contribution in [0.1, 0.15) is 56.4 Å². The van der Waals surface area contributed by atoms with Crippen LogP contribution in [0.25, 0.3) is 0 Å². The second-order valence-electron chi connectivity index (χ2n) is 6.10.